The molecule has 48 heavy (non-hydrogen) atoms. The Hall–Kier alpha value is -4.63. The summed E-state index contributed by atoms with van der Waals surface area (Å²) < 4.78 is 56.4. The average Bonchev–Trinajstić information content (AvgIpc) is 3.42. The summed E-state index contributed by atoms with van der Waals surface area (Å²) in [6, 6.07) is 43.0. The third kappa shape index (κ3) is 5.64. The number of rotatable bonds is 8. The first-order valence-corrected chi connectivity index (χ1v) is 19.9. The van der Waals surface area contributed by atoms with Crippen molar-refractivity contribution in [3.05, 3.63) is 151 Å². The molecule has 0 spiro atoms. The van der Waals surface area contributed by atoms with Gasteiger partial charge in [-0.15, -0.1) is 0 Å². The molecule has 8 heteroatoms. The highest BCUT2D eigenvalue weighted by Gasteiger charge is 2.31. The fourth-order valence-electron chi connectivity index (χ4n) is 6.25. The molecular formula is C40H34NO4S3+. The normalized spacial score (nSPS) is 12.2. The molecule has 0 bridgehead atoms. The second-order valence-electron chi connectivity index (χ2n) is 11.8. The van der Waals surface area contributed by atoms with E-state index in [2.05, 4.69) is 54.0 Å². The SMILES string of the molecule is CCn1c2ccccc2c2ccc([S+](c3ccc(S(=O)(=O)c4cccc(C)c4)cc3)c3ccc(S(=O)(=O)c4cccc(C)c4)cc3)cc21. The lowest BCUT2D eigenvalue weighted by atomic mass is 10.2. The van der Waals surface area contributed by atoms with Gasteiger partial charge in [-0.2, -0.15) is 0 Å². The Balaban J connectivity index is 1.36. The summed E-state index contributed by atoms with van der Waals surface area (Å²) in [6.07, 6.45) is 0. The minimum atomic E-state index is -3.70. The first-order valence-electron chi connectivity index (χ1n) is 15.7. The quantitative estimate of drug-likeness (QED) is 0.149. The number of nitrogens with zero attached hydrogens (tertiary/aromatic N) is 1. The van der Waals surface area contributed by atoms with E-state index in [9.17, 15) is 16.8 Å². The van der Waals surface area contributed by atoms with Crippen molar-refractivity contribution in [2.24, 2.45) is 0 Å². The number of fused-ring (bicyclic) bond motifs is 3. The molecule has 0 fully saturated rings. The largest absolute Gasteiger partial charge is 0.341 e. The molecule has 0 unspecified atom stereocenters. The molecule has 1 heterocycles. The van der Waals surface area contributed by atoms with Gasteiger partial charge < -0.3 is 4.57 Å². The molecule has 0 amide bonds. The zero-order valence-corrected chi connectivity index (χ0v) is 29.2. The van der Waals surface area contributed by atoms with Crippen LogP contribution in [0.25, 0.3) is 21.8 Å². The molecule has 0 atom stereocenters. The van der Waals surface area contributed by atoms with Crippen molar-refractivity contribution >= 4 is 52.4 Å². The van der Waals surface area contributed by atoms with Crippen LogP contribution in [0.4, 0.5) is 0 Å². The first kappa shape index (κ1) is 31.9. The first-order chi connectivity index (χ1) is 23.1. The lowest BCUT2D eigenvalue weighted by Gasteiger charge is -2.12. The van der Waals surface area contributed by atoms with Gasteiger partial charge in [0.1, 0.15) is 0 Å². The van der Waals surface area contributed by atoms with E-state index in [4.69, 9.17) is 0 Å². The number of aromatic nitrogens is 1. The molecule has 0 saturated carbocycles. The van der Waals surface area contributed by atoms with Gasteiger partial charge in [0.15, 0.2) is 14.7 Å². The van der Waals surface area contributed by atoms with Crippen LogP contribution in [0.1, 0.15) is 18.1 Å². The van der Waals surface area contributed by atoms with Crippen molar-refractivity contribution in [2.45, 2.75) is 61.6 Å². The van der Waals surface area contributed by atoms with Gasteiger partial charge >= 0.3 is 0 Å². The molecule has 0 N–H and O–H groups in total. The maximum atomic E-state index is 13.5. The molecular weight excluding hydrogens is 655 g/mol. The Bertz CT molecular complexity index is 2420. The number of hydrogen-bond acceptors (Lipinski definition) is 4. The van der Waals surface area contributed by atoms with E-state index in [1.807, 2.05) is 50.2 Å². The molecule has 7 rings (SSSR count). The van der Waals surface area contributed by atoms with Crippen LogP contribution in [-0.2, 0) is 37.1 Å². The second-order valence-corrected chi connectivity index (χ2v) is 17.8. The van der Waals surface area contributed by atoms with Crippen LogP contribution in [0, 0.1) is 13.8 Å². The van der Waals surface area contributed by atoms with Crippen molar-refractivity contribution in [1.82, 2.24) is 4.57 Å². The van der Waals surface area contributed by atoms with E-state index in [0.717, 1.165) is 37.9 Å². The molecule has 0 aliphatic rings. The molecule has 0 saturated heterocycles. The Morgan fingerprint density at radius 2 is 0.958 bits per heavy atom. The minimum Gasteiger partial charge on any atom is -0.341 e. The van der Waals surface area contributed by atoms with Crippen molar-refractivity contribution in [1.29, 1.82) is 0 Å². The van der Waals surface area contributed by atoms with Crippen LogP contribution in [0.2, 0.25) is 0 Å². The van der Waals surface area contributed by atoms with Crippen LogP contribution in [0.5, 0.6) is 0 Å². The van der Waals surface area contributed by atoms with Crippen molar-refractivity contribution in [3.63, 3.8) is 0 Å². The third-order valence-corrected chi connectivity index (χ3v) is 14.4. The maximum Gasteiger partial charge on any atom is 0.206 e. The van der Waals surface area contributed by atoms with E-state index in [1.165, 1.54) is 16.3 Å². The number of para-hydroxylation sites is 1. The molecule has 240 valence electrons. The fourth-order valence-corrected chi connectivity index (χ4v) is 11.0. The number of sulfone groups is 2. The summed E-state index contributed by atoms with van der Waals surface area (Å²) in [5, 5.41) is 2.36. The molecule has 7 aromatic rings. The maximum absolute atomic E-state index is 13.5. The minimum absolute atomic E-state index is 0.224. The molecule has 6 aromatic carbocycles. The smallest absolute Gasteiger partial charge is 0.206 e. The monoisotopic (exact) mass is 688 g/mol. The van der Waals surface area contributed by atoms with Gasteiger partial charge in [-0.05, 0) is 123 Å². The third-order valence-electron chi connectivity index (χ3n) is 8.64. The summed E-state index contributed by atoms with van der Waals surface area (Å²) >= 11 is 0. The van der Waals surface area contributed by atoms with Gasteiger partial charge in [0.2, 0.25) is 19.7 Å². The van der Waals surface area contributed by atoms with E-state index in [-0.39, 0.29) is 19.6 Å². The average molecular weight is 689 g/mol. The van der Waals surface area contributed by atoms with Gasteiger partial charge in [-0.3, -0.25) is 0 Å². The van der Waals surface area contributed by atoms with Crippen molar-refractivity contribution in [3.8, 4) is 0 Å². The van der Waals surface area contributed by atoms with Gasteiger partial charge in [0.25, 0.3) is 0 Å². The molecule has 5 nitrogen and oxygen atoms in total. The number of aryl methyl sites for hydroxylation is 3. The van der Waals surface area contributed by atoms with Crippen molar-refractivity contribution in [2.75, 3.05) is 0 Å². The topological polar surface area (TPSA) is 73.2 Å². The standard InChI is InChI=1S/C40H34NO4S3/c1-4-41-39-14-6-5-13-37(39)38-24-19-32(27-40(38)41)46(30-15-20-33(21-16-30)47(42,43)35-11-7-9-28(2)25-35)31-17-22-34(23-18-31)48(44,45)36-12-8-10-29(3)26-36/h5-27H,4H2,1-3H3/q+1. The molecule has 0 aliphatic heterocycles. The highest BCUT2D eigenvalue weighted by molar-refractivity contribution is 7.97. The predicted octanol–water partition coefficient (Wildman–Crippen LogP) is 9.19. The summed E-state index contributed by atoms with van der Waals surface area (Å²) in [7, 11) is -8.08. The van der Waals surface area contributed by atoms with Crippen LogP contribution >= 0.6 is 0 Å². The lowest BCUT2D eigenvalue weighted by Crippen LogP contribution is -2.08. The van der Waals surface area contributed by atoms with E-state index in [1.54, 1.807) is 60.7 Å². The summed E-state index contributed by atoms with van der Waals surface area (Å²) in [5.41, 5.74) is 4.04. The zero-order valence-electron chi connectivity index (χ0n) is 26.8. The molecule has 1 aromatic heterocycles. The van der Waals surface area contributed by atoms with Gasteiger partial charge in [0, 0.05) is 28.9 Å². The van der Waals surface area contributed by atoms with Crippen molar-refractivity contribution < 1.29 is 16.8 Å². The Labute approximate surface area is 284 Å². The lowest BCUT2D eigenvalue weighted by molar-refractivity contribution is 0.594. The van der Waals surface area contributed by atoms with Gasteiger partial charge in [-0.1, -0.05) is 42.5 Å². The molecule has 0 radical (unpaired) electrons. The van der Waals surface area contributed by atoms with Crippen LogP contribution in [-0.4, -0.2) is 21.4 Å². The Morgan fingerprint density at radius 1 is 0.479 bits per heavy atom. The van der Waals surface area contributed by atoms with E-state index < -0.39 is 30.6 Å². The van der Waals surface area contributed by atoms with E-state index in [0.29, 0.717) is 0 Å². The summed E-state index contributed by atoms with van der Waals surface area (Å²) in [5.74, 6) is 0. The van der Waals surface area contributed by atoms with Crippen LogP contribution in [0.3, 0.4) is 0 Å². The van der Waals surface area contributed by atoms with Crippen LogP contribution < -0.4 is 0 Å². The Morgan fingerprint density at radius 3 is 1.46 bits per heavy atom. The summed E-state index contributed by atoms with van der Waals surface area (Å²) in [4.78, 5) is 3.86. The predicted molar refractivity (Wildman–Crippen MR) is 193 cm³/mol. The fraction of sp³-hybridized carbons (Fsp3) is 0.100. The molecule has 0 aliphatic carbocycles. The number of benzene rings is 6. The Kier molecular flexibility index (Phi) is 8.27. The summed E-state index contributed by atoms with van der Waals surface area (Å²) in [6.45, 7) is 6.69. The highest BCUT2D eigenvalue weighted by Crippen LogP contribution is 2.37. The van der Waals surface area contributed by atoms with E-state index >= 15 is 0 Å². The van der Waals surface area contributed by atoms with Crippen LogP contribution in [0.15, 0.2) is 174 Å². The second kappa shape index (κ2) is 12.4. The van der Waals surface area contributed by atoms with Gasteiger partial charge in [0.05, 0.1) is 36.0 Å². The number of hydrogen-bond donors (Lipinski definition) is 0. The van der Waals surface area contributed by atoms with Gasteiger partial charge in [-0.25, -0.2) is 16.8 Å². The zero-order chi connectivity index (χ0) is 33.6. The highest BCUT2D eigenvalue weighted by atomic mass is 32.2.